The molecule has 1 aromatic heterocycles. The van der Waals surface area contributed by atoms with E-state index in [1.54, 1.807) is 0 Å². The van der Waals surface area contributed by atoms with E-state index >= 15 is 0 Å². The first-order valence-electron chi connectivity index (χ1n) is 16.8. The van der Waals surface area contributed by atoms with Crippen LogP contribution in [0.1, 0.15) is 0 Å². The second-order valence-corrected chi connectivity index (χ2v) is 13.9. The van der Waals surface area contributed by atoms with Crippen LogP contribution in [0.15, 0.2) is 182 Å². The van der Waals surface area contributed by atoms with Crippen molar-refractivity contribution in [3.05, 3.63) is 182 Å². The Morgan fingerprint density at radius 1 is 0.265 bits per heavy atom. The van der Waals surface area contributed by atoms with Crippen molar-refractivity contribution in [3.8, 4) is 44.5 Å². The van der Waals surface area contributed by atoms with Crippen LogP contribution in [0.4, 0.5) is 0 Å². The molecule has 0 unspecified atom stereocenters. The molecule has 49 heavy (non-hydrogen) atoms. The molecule has 10 rings (SSSR count). The highest BCUT2D eigenvalue weighted by Crippen LogP contribution is 2.45. The minimum absolute atomic E-state index is 1.22. The lowest BCUT2D eigenvalue weighted by Crippen LogP contribution is -1.91. The molecule has 0 saturated carbocycles. The maximum absolute atomic E-state index is 2.38. The van der Waals surface area contributed by atoms with Crippen molar-refractivity contribution < 1.29 is 0 Å². The van der Waals surface area contributed by atoms with Gasteiger partial charge >= 0.3 is 0 Å². The second-order valence-electron chi connectivity index (χ2n) is 12.8. The molecule has 0 fully saturated rings. The highest BCUT2D eigenvalue weighted by molar-refractivity contribution is 7.26. The van der Waals surface area contributed by atoms with E-state index in [-0.39, 0.29) is 0 Å². The van der Waals surface area contributed by atoms with Gasteiger partial charge in [-0.1, -0.05) is 158 Å². The predicted octanol–water partition coefficient (Wildman–Crippen LogP) is 14.2. The Morgan fingerprint density at radius 3 is 1.41 bits per heavy atom. The highest BCUT2D eigenvalue weighted by Gasteiger charge is 2.17. The summed E-state index contributed by atoms with van der Waals surface area (Å²) in [4.78, 5) is 0. The summed E-state index contributed by atoms with van der Waals surface area (Å²) in [7, 11) is 0. The van der Waals surface area contributed by atoms with Gasteiger partial charge in [0.05, 0.1) is 0 Å². The van der Waals surface area contributed by atoms with E-state index in [1.807, 2.05) is 11.3 Å². The first-order chi connectivity index (χ1) is 24.3. The summed E-state index contributed by atoms with van der Waals surface area (Å²) in [6.45, 7) is 0. The molecule has 0 saturated heterocycles. The number of benzene rings is 9. The number of fused-ring (bicyclic) bond motifs is 7. The lowest BCUT2D eigenvalue weighted by molar-refractivity contribution is 1.59. The summed E-state index contributed by atoms with van der Waals surface area (Å²) >= 11 is 1.90. The van der Waals surface area contributed by atoms with Gasteiger partial charge in [0.1, 0.15) is 0 Å². The van der Waals surface area contributed by atoms with Crippen molar-refractivity contribution in [1.82, 2.24) is 0 Å². The topological polar surface area (TPSA) is 0 Å². The van der Waals surface area contributed by atoms with Crippen LogP contribution >= 0.6 is 11.3 Å². The normalized spacial score (nSPS) is 11.7. The van der Waals surface area contributed by atoms with E-state index in [9.17, 15) is 0 Å². The molecule has 0 N–H and O–H groups in total. The van der Waals surface area contributed by atoms with Gasteiger partial charge in [-0.15, -0.1) is 11.3 Å². The van der Waals surface area contributed by atoms with Gasteiger partial charge in [-0.05, 0) is 101 Å². The summed E-state index contributed by atoms with van der Waals surface area (Å²) in [6, 6.07) is 66.9. The molecule has 10 aromatic rings. The van der Waals surface area contributed by atoms with Gasteiger partial charge in [0.2, 0.25) is 0 Å². The van der Waals surface area contributed by atoms with Gasteiger partial charge in [0.25, 0.3) is 0 Å². The average Bonchev–Trinajstić information content (AvgIpc) is 3.56. The first-order valence-corrected chi connectivity index (χ1v) is 17.7. The van der Waals surface area contributed by atoms with Crippen molar-refractivity contribution in [2.24, 2.45) is 0 Å². The number of thiophene rings is 1. The molecule has 0 aliphatic carbocycles. The Morgan fingerprint density at radius 2 is 0.755 bits per heavy atom. The van der Waals surface area contributed by atoms with Crippen LogP contribution < -0.4 is 0 Å². The van der Waals surface area contributed by atoms with Crippen LogP contribution in [-0.4, -0.2) is 0 Å². The zero-order valence-corrected chi connectivity index (χ0v) is 27.5. The molecule has 0 spiro atoms. The van der Waals surface area contributed by atoms with Crippen LogP contribution in [-0.2, 0) is 0 Å². The molecule has 0 bridgehead atoms. The van der Waals surface area contributed by atoms with E-state index in [1.165, 1.54) is 97.0 Å². The molecule has 0 atom stereocenters. The molecule has 0 amide bonds. The summed E-state index contributed by atoms with van der Waals surface area (Å²) < 4.78 is 2.70. The summed E-state index contributed by atoms with van der Waals surface area (Å²) in [5.74, 6) is 0. The Labute approximate surface area is 289 Å². The molecule has 228 valence electrons. The maximum Gasteiger partial charge on any atom is 0.0433 e. The van der Waals surface area contributed by atoms with Crippen LogP contribution in [0, 0.1) is 0 Å². The van der Waals surface area contributed by atoms with Crippen LogP contribution in [0.5, 0.6) is 0 Å². The number of hydrogen-bond donors (Lipinski definition) is 0. The van der Waals surface area contributed by atoms with Crippen LogP contribution in [0.3, 0.4) is 0 Å². The Kier molecular flexibility index (Phi) is 6.47. The van der Waals surface area contributed by atoms with E-state index < -0.39 is 0 Å². The third kappa shape index (κ3) is 4.58. The summed E-state index contributed by atoms with van der Waals surface area (Å²) in [5.41, 5.74) is 9.96. The highest BCUT2D eigenvalue weighted by atomic mass is 32.1. The van der Waals surface area contributed by atoms with E-state index in [2.05, 4.69) is 182 Å². The molecular weight excluding hydrogens is 609 g/mol. The maximum atomic E-state index is 2.38. The van der Waals surface area contributed by atoms with Crippen molar-refractivity contribution in [2.45, 2.75) is 0 Å². The average molecular weight is 639 g/mol. The second kappa shape index (κ2) is 11.3. The molecule has 9 aromatic carbocycles. The lowest BCUT2D eigenvalue weighted by Gasteiger charge is -2.18. The predicted molar refractivity (Wildman–Crippen MR) is 214 cm³/mol. The van der Waals surface area contributed by atoms with E-state index in [4.69, 9.17) is 0 Å². The molecule has 0 nitrogen and oxygen atoms in total. The quantitative estimate of drug-likeness (QED) is 0.168. The molecule has 0 aliphatic rings. The Hall–Kier alpha value is -6.02. The SMILES string of the molecule is c1ccc(-c2c3ccccc3c(-c3cccc(-c4cccc(-c5ccc6sc7c8ccccc8ccc7c6c5)c4)c3)c3ccccc23)cc1. The third-order valence-corrected chi connectivity index (χ3v) is 11.3. The fraction of sp³-hybridized carbons (Fsp3) is 0. The minimum atomic E-state index is 1.22. The standard InChI is InChI=1S/C48H30S/c1-2-13-32(14-3-1)46-39-20-6-8-22-41(39)47(42-23-9-7-21-40(42)46)37-18-11-17-35(29-37)33-15-10-16-34(28-33)36-25-27-45-44(30-36)43-26-24-31-12-4-5-19-38(31)48(43)49-45/h1-30H. The summed E-state index contributed by atoms with van der Waals surface area (Å²) in [5, 5.41) is 10.4. The Bertz CT molecular complexity index is 2820. The van der Waals surface area contributed by atoms with Gasteiger partial charge in [0, 0.05) is 20.2 Å². The fourth-order valence-corrected chi connectivity index (χ4v) is 8.99. The van der Waals surface area contributed by atoms with Gasteiger partial charge in [-0.3, -0.25) is 0 Å². The van der Waals surface area contributed by atoms with Gasteiger partial charge in [-0.25, -0.2) is 0 Å². The van der Waals surface area contributed by atoms with Gasteiger partial charge in [0.15, 0.2) is 0 Å². The monoisotopic (exact) mass is 638 g/mol. The van der Waals surface area contributed by atoms with Crippen LogP contribution in [0.25, 0.3) is 97.0 Å². The smallest absolute Gasteiger partial charge is 0.0433 e. The number of hydrogen-bond acceptors (Lipinski definition) is 1. The van der Waals surface area contributed by atoms with Crippen molar-refractivity contribution >= 4 is 63.8 Å². The zero-order valence-electron chi connectivity index (χ0n) is 26.7. The zero-order chi connectivity index (χ0) is 32.3. The van der Waals surface area contributed by atoms with Crippen molar-refractivity contribution in [3.63, 3.8) is 0 Å². The molecule has 1 heterocycles. The van der Waals surface area contributed by atoms with E-state index in [0.29, 0.717) is 0 Å². The molecule has 0 radical (unpaired) electrons. The summed E-state index contributed by atoms with van der Waals surface area (Å²) in [6.07, 6.45) is 0. The van der Waals surface area contributed by atoms with Crippen molar-refractivity contribution in [1.29, 1.82) is 0 Å². The third-order valence-electron chi connectivity index (χ3n) is 10.0. The first kappa shape index (κ1) is 28.0. The fourth-order valence-electron chi connectivity index (χ4n) is 7.77. The van der Waals surface area contributed by atoms with Gasteiger partial charge in [-0.2, -0.15) is 0 Å². The number of rotatable bonds is 4. The Balaban J connectivity index is 1.11. The van der Waals surface area contributed by atoms with Gasteiger partial charge < -0.3 is 0 Å². The van der Waals surface area contributed by atoms with Crippen LogP contribution in [0.2, 0.25) is 0 Å². The van der Waals surface area contributed by atoms with Crippen molar-refractivity contribution in [2.75, 3.05) is 0 Å². The molecular formula is C48H30S. The lowest BCUT2D eigenvalue weighted by atomic mass is 9.85. The molecule has 1 heteroatoms. The largest absolute Gasteiger partial charge is 0.135 e. The minimum Gasteiger partial charge on any atom is -0.135 e. The molecule has 0 aliphatic heterocycles. The van der Waals surface area contributed by atoms with E-state index in [0.717, 1.165) is 0 Å².